The summed E-state index contributed by atoms with van der Waals surface area (Å²) in [5, 5.41) is 0. The van der Waals surface area contributed by atoms with Crippen LogP contribution in [0.4, 0.5) is 5.69 Å². The van der Waals surface area contributed by atoms with Gasteiger partial charge in [0.1, 0.15) is 5.75 Å². The molecule has 0 aliphatic carbocycles. The summed E-state index contributed by atoms with van der Waals surface area (Å²) in [6, 6.07) is 7.19. The topological polar surface area (TPSA) is 55.6 Å². The van der Waals surface area contributed by atoms with Crippen molar-refractivity contribution in [3.05, 3.63) is 24.3 Å². The number of carbonyl (C=O) groups excluding carboxylic acids is 1. The molecule has 0 aliphatic rings. The monoisotopic (exact) mass is 292 g/mol. The van der Waals surface area contributed by atoms with E-state index in [0.717, 1.165) is 38.8 Å². The summed E-state index contributed by atoms with van der Waals surface area (Å²) in [5.74, 6) is 0.695. The highest BCUT2D eigenvalue weighted by molar-refractivity contribution is 5.80. The smallest absolute Gasteiger partial charge is 0.263 e. The first-order valence-corrected chi connectivity index (χ1v) is 7.89. The van der Waals surface area contributed by atoms with E-state index in [2.05, 4.69) is 13.8 Å². The van der Waals surface area contributed by atoms with E-state index < -0.39 is 6.10 Å². The van der Waals surface area contributed by atoms with Crippen LogP contribution < -0.4 is 10.5 Å². The minimum absolute atomic E-state index is 0.0549. The molecule has 1 aromatic rings. The number of nitrogens with two attached hydrogens (primary N) is 1. The van der Waals surface area contributed by atoms with Gasteiger partial charge in [0.15, 0.2) is 6.10 Å². The molecule has 4 heteroatoms. The third-order valence-electron chi connectivity index (χ3n) is 3.39. The number of hydrogen-bond acceptors (Lipinski definition) is 3. The second-order valence-electron chi connectivity index (χ2n) is 5.36. The highest BCUT2D eigenvalue weighted by atomic mass is 16.5. The summed E-state index contributed by atoms with van der Waals surface area (Å²) in [6.45, 7) is 7.68. The number of unbranched alkanes of at least 4 members (excludes halogenated alkanes) is 2. The Kier molecular flexibility index (Phi) is 7.65. The largest absolute Gasteiger partial charge is 0.481 e. The number of rotatable bonds is 9. The number of anilines is 1. The Bertz CT molecular complexity index is 427. The van der Waals surface area contributed by atoms with Gasteiger partial charge in [0.05, 0.1) is 0 Å². The summed E-state index contributed by atoms with van der Waals surface area (Å²) in [5.41, 5.74) is 6.37. The lowest BCUT2D eigenvalue weighted by Gasteiger charge is -2.26. The Morgan fingerprint density at radius 2 is 1.86 bits per heavy atom. The fourth-order valence-corrected chi connectivity index (χ4v) is 2.13. The van der Waals surface area contributed by atoms with Gasteiger partial charge in [0.25, 0.3) is 5.91 Å². The van der Waals surface area contributed by atoms with Crippen molar-refractivity contribution in [1.82, 2.24) is 4.90 Å². The number of hydrogen-bond donors (Lipinski definition) is 1. The molecule has 21 heavy (non-hydrogen) atoms. The fraction of sp³-hybridized carbons (Fsp3) is 0.588. The molecule has 0 bridgehead atoms. The third-order valence-corrected chi connectivity index (χ3v) is 3.39. The minimum Gasteiger partial charge on any atom is -0.481 e. The van der Waals surface area contributed by atoms with Gasteiger partial charge in [-0.15, -0.1) is 0 Å². The van der Waals surface area contributed by atoms with Gasteiger partial charge in [0, 0.05) is 24.8 Å². The van der Waals surface area contributed by atoms with Crippen molar-refractivity contribution in [1.29, 1.82) is 0 Å². The molecule has 1 atom stereocenters. The van der Waals surface area contributed by atoms with Crippen molar-refractivity contribution < 1.29 is 9.53 Å². The summed E-state index contributed by atoms with van der Waals surface area (Å²) in [4.78, 5) is 14.4. The number of amides is 1. The van der Waals surface area contributed by atoms with Crippen LogP contribution in [0.1, 0.15) is 46.5 Å². The average Bonchev–Trinajstić information content (AvgIpc) is 2.47. The molecular weight excluding hydrogens is 264 g/mol. The van der Waals surface area contributed by atoms with Gasteiger partial charge < -0.3 is 15.4 Å². The fourth-order valence-electron chi connectivity index (χ4n) is 2.13. The number of ether oxygens (including phenoxy) is 1. The van der Waals surface area contributed by atoms with Gasteiger partial charge in [-0.3, -0.25) is 4.79 Å². The van der Waals surface area contributed by atoms with Crippen LogP contribution in [0.25, 0.3) is 0 Å². The average molecular weight is 292 g/mol. The van der Waals surface area contributed by atoms with Gasteiger partial charge >= 0.3 is 0 Å². The number of benzene rings is 1. The van der Waals surface area contributed by atoms with Crippen molar-refractivity contribution in [2.45, 2.75) is 52.6 Å². The van der Waals surface area contributed by atoms with Crippen LogP contribution in [0, 0.1) is 0 Å². The van der Waals surface area contributed by atoms with Crippen molar-refractivity contribution in [3.63, 3.8) is 0 Å². The second kappa shape index (κ2) is 9.27. The Morgan fingerprint density at radius 1 is 1.24 bits per heavy atom. The van der Waals surface area contributed by atoms with Crippen LogP contribution in [-0.2, 0) is 4.79 Å². The SMILES string of the molecule is CCCCN(CCCC)C(=O)[C@H](C)Oc1cccc(N)c1. The summed E-state index contributed by atoms with van der Waals surface area (Å²) >= 11 is 0. The molecule has 0 spiro atoms. The normalized spacial score (nSPS) is 12.0. The molecule has 0 radical (unpaired) electrons. The van der Waals surface area contributed by atoms with Gasteiger partial charge in [-0.1, -0.05) is 32.8 Å². The Hall–Kier alpha value is -1.71. The van der Waals surface area contributed by atoms with E-state index in [0.29, 0.717) is 11.4 Å². The van der Waals surface area contributed by atoms with Crippen LogP contribution in [0.5, 0.6) is 5.75 Å². The van der Waals surface area contributed by atoms with E-state index in [1.807, 2.05) is 17.0 Å². The highest BCUT2D eigenvalue weighted by Gasteiger charge is 2.21. The second-order valence-corrected chi connectivity index (χ2v) is 5.36. The molecule has 1 aromatic carbocycles. The summed E-state index contributed by atoms with van der Waals surface area (Å²) in [6.07, 6.45) is 3.74. The molecule has 118 valence electrons. The highest BCUT2D eigenvalue weighted by Crippen LogP contribution is 2.17. The van der Waals surface area contributed by atoms with E-state index in [4.69, 9.17) is 10.5 Å². The molecule has 0 unspecified atom stereocenters. The lowest BCUT2D eigenvalue weighted by Crippen LogP contribution is -2.41. The molecule has 1 amide bonds. The predicted octanol–water partition coefficient (Wildman–Crippen LogP) is 3.46. The first kappa shape index (κ1) is 17.3. The quantitative estimate of drug-likeness (QED) is 0.709. The van der Waals surface area contributed by atoms with Gasteiger partial charge in [-0.25, -0.2) is 0 Å². The molecule has 4 nitrogen and oxygen atoms in total. The van der Waals surface area contributed by atoms with Crippen LogP contribution in [0.3, 0.4) is 0 Å². The molecule has 2 N–H and O–H groups in total. The van der Waals surface area contributed by atoms with Crippen molar-refractivity contribution in [2.75, 3.05) is 18.8 Å². The Labute approximate surface area is 128 Å². The minimum atomic E-state index is -0.486. The van der Waals surface area contributed by atoms with Crippen LogP contribution >= 0.6 is 0 Å². The Morgan fingerprint density at radius 3 is 2.38 bits per heavy atom. The van der Waals surface area contributed by atoms with Gasteiger partial charge in [-0.05, 0) is 31.9 Å². The number of nitrogens with zero attached hydrogens (tertiary/aromatic N) is 1. The molecular formula is C17H28N2O2. The molecule has 1 rings (SSSR count). The first-order chi connectivity index (χ1) is 10.1. The van der Waals surface area contributed by atoms with E-state index in [9.17, 15) is 4.79 Å². The van der Waals surface area contributed by atoms with Gasteiger partial charge in [0.2, 0.25) is 0 Å². The zero-order valence-electron chi connectivity index (χ0n) is 13.5. The summed E-state index contributed by atoms with van der Waals surface area (Å²) in [7, 11) is 0. The van der Waals surface area contributed by atoms with Crippen LogP contribution in [-0.4, -0.2) is 30.0 Å². The predicted molar refractivity (Wildman–Crippen MR) is 87.3 cm³/mol. The number of nitrogen functional groups attached to an aromatic ring is 1. The summed E-state index contributed by atoms with van der Waals surface area (Å²) < 4.78 is 5.73. The van der Waals surface area contributed by atoms with Crippen molar-refractivity contribution in [2.24, 2.45) is 0 Å². The van der Waals surface area contributed by atoms with Crippen LogP contribution in [0.2, 0.25) is 0 Å². The van der Waals surface area contributed by atoms with Crippen molar-refractivity contribution >= 4 is 11.6 Å². The molecule has 0 saturated carbocycles. The molecule has 0 saturated heterocycles. The van der Waals surface area contributed by atoms with E-state index in [1.54, 1.807) is 19.1 Å². The zero-order valence-corrected chi connectivity index (χ0v) is 13.5. The Balaban J connectivity index is 2.63. The van der Waals surface area contributed by atoms with E-state index >= 15 is 0 Å². The zero-order chi connectivity index (χ0) is 15.7. The van der Waals surface area contributed by atoms with E-state index in [-0.39, 0.29) is 5.91 Å². The number of carbonyl (C=O) groups is 1. The molecule has 0 aliphatic heterocycles. The maximum atomic E-state index is 12.5. The van der Waals surface area contributed by atoms with Crippen molar-refractivity contribution in [3.8, 4) is 5.75 Å². The lowest BCUT2D eigenvalue weighted by atomic mass is 10.2. The standard InChI is InChI=1S/C17H28N2O2/c1-4-6-11-19(12-7-5-2)17(20)14(3)21-16-10-8-9-15(18)13-16/h8-10,13-14H,4-7,11-12,18H2,1-3H3/t14-/m0/s1. The maximum absolute atomic E-state index is 12.5. The van der Waals surface area contributed by atoms with Gasteiger partial charge in [-0.2, -0.15) is 0 Å². The maximum Gasteiger partial charge on any atom is 0.263 e. The first-order valence-electron chi connectivity index (χ1n) is 7.89. The molecule has 0 fully saturated rings. The molecule has 0 heterocycles. The molecule has 0 aromatic heterocycles. The third kappa shape index (κ3) is 6.06. The van der Waals surface area contributed by atoms with Crippen LogP contribution in [0.15, 0.2) is 24.3 Å². The van der Waals surface area contributed by atoms with E-state index in [1.165, 1.54) is 0 Å². The lowest BCUT2D eigenvalue weighted by molar-refractivity contribution is -0.138.